The number of rotatable bonds is 3. The molecule has 2 aliphatic rings. The lowest BCUT2D eigenvalue weighted by Gasteiger charge is -2.23. The van der Waals surface area contributed by atoms with Crippen LogP contribution in [0.4, 0.5) is 4.39 Å². The molecule has 1 unspecified atom stereocenters. The van der Waals surface area contributed by atoms with Crippen molar-refractivity contribution in [2.24, 2.45) is 0 Å². The van der Waals surface area contributed by atoms with Gasteiger partial charge < -0.3 is 5.32 Å². The van der Waals surface area contributed by atoms with Gasteiger partial charge in [0.2, 0.25) is 0 Å². The molecule has 1 saturated carbocycles. The molecule has 0 aromatic heterocycles. The van der Waals surface area contributed by atoms with E-state index >= 15 is 0 Å². The predicted molar refractivity (Wildman–Crippen MR) is 76.1 cm³/mol. The average molecular weight is 276 g/mol. The maximum absolute atomic E-state index is 13.1. The van der Waals surface area contributed by atoms with Crippen molar-refractivity contribution in [3.8, 4) is 0 Å². The summed E-state index contributed by atoms with van der Waals surface area (Å²) in [6.45, 7) is 2.00. The van der Waals surface area contributed by atoms with Gasteiger partial charge in [-0.3, -0.25) is 9.69 Å². The summed E-state index contributed by atoms with van der Waals surface area (Å²) in [7, 11) is 0. The highest BCUT2D eigenvalue weighted by molar-refractivity contribution is 5.94. The quantitative estimate of drug-likeness (QED) is 0.920. The summed E-state index contributed by atoms with van der Waals surface area (Å²) in [6, 6.07) is 6.79. The molecular formula is C16H21FN2O. The molecule has 1 N–H and O–H groups in total. The molecule has 1 aliphatic carbocycles. The van der Waals surface area contributed by atoms with Crippen molar-refractivity contribution in [1.29, 1.82) is 0 Å². The zero-order valence-corrected chi connectivity index (χ0v) is 11.6. The average Bonchev–Trinajstić information content (AvgIpc) is 3.08. The summed E-state index contributed by atoms with van der Waals surface area (Å²) in [5.41, 5.74) is 0.407. The SMILES string of the molecule is O=C(NC1CCN(C2CCCC2)C1)c1cccc(F)c1. The van der Waals surface area contributed by atoms with Crippen molar-refractivity contribution in [3.63, 3.8) is 0 Å². The van der Waals surface area contributed by atoms with Gasteiger partial charge in [0.15, 0.2) is 0 Å². The Bertz CT molecular complexity index is 485. The summed E-state index contributed by atoms with van der Waals surface area (Å²) in [5.74, 6) is -0.528. The maximum atomic E-state index is 13.1. The van der Waals surface area contributed by atoms with Crippen LogP contribution < -0.4 is 5.32 Å². The second-order valence-electron chi connectivity index (χ2n) is 5.90. The second-order valence-corrected chi connectivity index (χ2v) is 5.90. The third-order valence-electron chi connectivity index (χ3n) is 4.48. The Hall–Kier alpha value is -1.42. The van der Waals surface area contributed by atoms with E-state index in [1.54, 1.807) is 12.1 Å². The lowest BCUT2D eigenvalue weighted by molar-refractivity contribution is 0.0935. The van der Waals surface area contributed by atoms with Gasteiger partial charge in [-0.25, -0.2) is 4.39 Å². The van der Waals surface area contributed by atoms with Gasteiger partial charge in [-0.2, -0.15) is 0 Å². The monoisotopic (exact) mass is 276 g/mol. The maximum Gasteiger partial charge on any atom is 0.251 e. The van der Waals surface area contributed by atoms with E-state index in [4.69, 9.17) is 0 Å². The number of likely N-dealkylation sites (tertiary alicyclic amines) is 1. The van der Waals surface area contributed by atoms with Crippen molar-refractivity contribution in [1.82, 2.24) is 10.2 Å². The summed E-state index contributed by atoms with van der Waals surface area (Å²) >= 11 is 0. The molecule has 2 fully saturated rings. The smallest absolute Gasteiger partial charge is 0.251 e. The van der Waals surface area contributed by atoms with E-state index in [9.17, 15) is 9.18 Å². The van der Waals surface area contributed by atoms with E-state index in [0.717, 1.165) is 19.5 Å². The van der Waals surface area contributed by atoms with E-state index in [-0.39, 0.29) is 17.8 Å². The van der Waals surface area contributed by atoms with Gasteiger partial charge >= 0.3 is 0 Å². The van der Waals surface area contributed by atoms with Crippen LogP contribution >= 0.6 is 0 Å². The van der Waals surface area contributed by atoms with Crippen molar-refractivity contribution >= 4 is 5.91 Å². The van der Waals surface area contributed by atoms with Gasteiger partial charge in [0.1, 0.15) is 5.82 Å². The van der Waals surface area contributed by atoms with E-state index < -0.39 is 0 Å². The molecule has 1 atom stereocenters. The highest BCUT2D eigenvalue weighted by Crippen LogP contribution is 2.26. The standard InChI is InChI=1S/C16H21FN2O/c17-13-5-3-4-12(10-13)16(20)18-14-8-9-19(11-14)15-6-1-2-7-15/h3-5,10,14-15H,1-2,6-9,11H2,(H,18,20). The van der Waals surface area contributed by atoms with Crippen LogP contribution in [0.5, 0.6) is 0 Å². The number of halogens is 1. The molecule has 1 amide bonds. The molecule has 3 nitrogen and oxygen atoms in total. The molecule has 4 heteroatoms. The molecule has 1 aliphatic heterocycles. The summed E-state index contributed by atoms with van der Waals surface area (Å²) in [5, 5.41) is 3.03. The molecule has 1 heterocycles. The number of carbonyl (C=O) groups is 1. The number of carbonyl (C=O) groups excluding carboxylic acids is 1. The first-order valence-electron chi connectivity index (χ1n) is 7.53. The Morgan fingerprint density at radius 1 is 1.25 bits per heavy atom. The highest BCUT2D eigenvalue weighted by atomic mass is 19.1. The van der Waals surface area contributed by atoms with Crippen molar-refractivity contribution < 1.29 is 9.18 Å². The molecular weight excluding hydrogens is 255 g/mol. The van der Waals surface area contributed by atoms with E-state index in [1.165, 1.54) is 37.8 Å². The number of nitrogens with zero attached hydrogens (tertiary/aromatic N) is 1. The van der Waals surface area contributed by atoms with Gasteiger partial charge in [0.25, 0.3) is 5.91 Å². The summed E-state index contributed by atoms with van der Waals surface area (Å²) in [4.78, 5) is 14.6. The molecule has 3 rings (SSSR count). The third kappa shape index (κ3) is 3.01. The second kappa shape index (κ2) is 5.92. The van der Waals surface area contributed by atoms with E-state index in [2.05, 4.69) is 10.2 Å². The molecule has 1 saturated heterocycles. The molecule has 20 heavy (non-hydrogen) atoms. The van der Waals surface area contributed by atoms with E-state index in [1.807, 2.05) is 0 Å². The molecule has 0 radical (unpaired) electrons. The molecule has 108 valence electrons. The first-order valence-corrected chi connectivity index (χ1v) is 7.53. The highest BCUT2D eigenvalue weighted by Gasteiger charge is 2.30. The Morgan fingerprint density at radius 3 is 2.80 bits per heavy atom. The predicted octanol–water partition coefficient (Wildman–Crippen LogP) is 2.57. The number of nitrogens with one attached hydrogen (secondary N) is 1. The van der Waals surface area contributed by atoms with Crippen LogP contribution in [0.2, 0.25) is 0 Å². The van der Waals surface area contributed by atoms with Crippen LogP contribution in [-0.4, -0.2) is 36.0 Å². The number of hydrogen-bond donors (Lipinski definition) is 1. The minimum absolute atomic E-state index is 0.164. The fourth-order valence-corrected chi connectivity index (χ4v) is 3.40. The number of hydrogen-bond acceptors (Lipinski definition) is 2. The Balaban J connectivity index is 1.55. The van der Waals surface area contributed by atoms with Crippen molar-refractivity contribution in [2.45, 2.75) is 44.2 Å². The topological polar surface area (TPSA) is 32.3 Å². The van der Waals surface area contributed by atoms with Crippen LogP contribution in [-0.2, 0) is 0 Å². The van der Waals surface area contributed by atoms with Gasteiger partial charge in [-0.1, -0.05) is 18.9 Å². The van der Waals surface area contributed by atoms with Crippen LogP contribution in [0.15, 0.2) is 24.3 Å². The Morgan fingerprint density at radius 2 is 2.05 bits per heavy atom. The van der Waals surface area contributed by atoms with Crippen LogP contribution in [0, 0.1) is 5.82 Å². The lowest BCUT2D eigenvalue weighted by atomic mass is 10.2. The molecule has 1 aromatic rings. The van der Waals surface area contributed by atoms with E-state index in [0.29, 0.717) is 11.6 Å². The number of amides is 1. The zero-order chi connectivity index (χ0) is 13.9. The van der Waals surface area contributed by atoms with Gasteiger partial charge in [0.05, 0.1) is 0 Å². The fourth-order valence-electron chi connectivity index (χ4n) is 3.40. The lowest BCUT2D eigenvalue weighted by Crippen LogP contribution is -2.39. The zero-order valence-electron chi connectivity index (χ0n) is 11.6. The Labute approximate surface area is 119 Å². The van der Waals surface area contributed by atoms with Crippen molar-refractivity contribution in [2.75, 3.05) is 13.1 Å². The molecule has 0 bridgehead atoms. The summed E-state index contributed by atoms with van der Waals surface area (Å²) in [6.07, 6.45) is 6.26. The Kier molecular flexibility index (Phi) is 4.01. The van der Waals surface area contributed by atoms with Crippen LogP contribution in [0.25, 0.3) is 0 Å². The molecule has 1 aromatic carbocycles. The first kappa shape index (κ1) is 13.6. The van der Waals surface area contributed by atoms with Crippen LogP contribution in [0.1, 0.15) is 42.5 Å². The summed E-state index contributed by atoms with van der Waals surface area (Å²) < 4.78 is 13.1. The minimum atomic E-state index is -0.364. The van der Waals surface area contributed by atoms with Gasteiger partial charge in [-0.05, 0) is 37.5 Å². The fraction of sp³-hybridized carbons (Fsp3) is 0.562. The third-order valence-corrected chi connectivity index (χ3v) is 4.48. The van der Waals surface area contributed by atoms with Crippen molar-refractivity contribution in [3.05, 3.63) is 35.6 Å². The van der Waals surface area contributed by atoms with Gasteiger partial charge in [0, 0.05) is 30.7 Å². The minimum Gasteiger partial charge on any atom is -0.348 e. The largest absolute Gasteiger partial charge is 0.348 e. The van der Waals surface area contributed by atoms with Crippen LogP contribution in [0.3, 0.4) is 0 Å². The molecule has 0 spiro atoms. The van der Waals surface area contributed by atoms with Gasteiger partial charge in [-0.15, -0.1) is 0 Å². The normalized spacial score (nSPS) is 24.1. The number of benzene rings is 1. The first-order chi connectivity index (χ1) is 9.72.